The molecule has 10 nitrogen and oxygen atoms in total. The van der Waals surface area contributed by atoms with Crippen LogP contribution in [0.3, 0.4) is 0 Å². The Kier molecular flexibility index (Phi) is 8.42. The highest BCUT2D eigenvalue weighted by Crippen LogP contribution is 2.38. The third-order valence-electron chi connectivity index (χ3n) is 5.50. The predicted molar refractivity (Wildman–Crippen MR) is 133 cm³/mol. The molecule has 2 N–H and O–H groups in total. The first-order valence-corrected chi connectivity index (χ1v) is 11.1. The van der Waals surface area contributed by atoms with E-state index in [2.05, 4.69) is 46.9 Å². The number of ether oxygens (including phenoxy) is 1. The number of carbonyl (C=O) groups excluding carboxylic acids is 1. The summed E-state index contributed by atoms with van der Waals surface area (Å²) in [4.78, 5) is 31.7. The number of hydrogen-bond donors (Lipinski definition) is 2. The number of amides is 1. The molecular weight excluding hydrogens is 420 g/mol. The number of nitrogens with one attached hydrogen (secondary N) is 2. The lowest BCUT2D eigenvalue weighted by atomic mass is 10.1. The van der Waals surface area contributed by atoms with Crippen molar-refractivity contribution in [2.45, 2.75) is 19.3 Å². The number of benzene rings is 1. The van der Waals surface area contributed by atoms with E-state index >= 15 is 0 Å². The molecule has 3 rings (SSSR count). The van der Waals surface area contributed by atoms with Gasteiger partial charge in [-0.25, -0.2) is 9.97 Å². The molecule has 0 unspecified atom stereocenters. The fourth-order valence-electron chi connectivity index (χ4n) is 3.62. The number of piperidine rings is 1. The van der Waals surface area contributed by atoms with E-state index in [1.54, 1.807) is 7.11 Å². The molecule has 1 aliphatic rings. The molecule has 10 heteroatoms. The summed E-state index contributed by atoms with van der Waals surface area (Å²) in [6.45, 7) is 7.08. The van der Waals surface area contributed by atoms with Crippen molar-refractivity contribution in [3.05, 3.63) is 31.1 Å². The molecule has 1 amide bonds. The van der Waals surface area contributed by atoms with E-state index in [1.807, 2.05) is 33.3 Å². The highest BCUT2D eigenvalue weighted by molar-refractivity contribution is 6.02. The van der Waals surface area contributed by atoms with Crippen LogP contribution < -0.4 is 25.2 Å². The van der Waals surface area contributed by atoms with Crippen molar-refractivity contribution >= 4 is 34.9 Å². The Bertz CT molecular complexity index is 959. The Morgan fingerprint density at radius 2 is 1.91 bits per heavy atom. The number of rotatable bonds is 10. The molecule has 1 aliphatic heterocycles. The summed E-state index contributed by atoms with van der Waals surface area (Å²) in [6, 6.07) is 3.72. The van der Waals surface area contributed by atoms with Crippen LogP contribution in [0.15, 0.2) is 31.1 Å². The van der Waals surface area contributed by atoms with Gasteiger partial charge >= 0.3 is 0 Å². The van der Waals surface area contributed by atoms with Crippen molar-refractivity contribution in [3.8, 4) is 5.75 Å². The van der Waals surface area contributed by atoms with E-state index in [-0.39, 0.29) is 5.91 Å². The molecule has 0 saturated carbocycles. The fraction of sp³-hybridized carbons (Fsp3) is 0.478. The molecule has 0 bridgehead atoms. The lowest BCUT2D eigenvalue weighted by Crippen LogP contribution is -2.31. The number of methoxy groups -OCH3 is 1. The Morgan fingerprint density at radius 1 is 1.15 bits per heavy atom. The van der Waals surface area contributed by atoms with Crippen LogP contribution >= 0.6 is 0 Å². The maximum atomic E-state index is 12.1. The Balaban J connectivity index is 1.91. The monoisotopic (exact) mass is 454 g/mol. The topological polar surface area (TPSA) is 98.7 Å². The van der Waals surface area contributed by atoms with E-state index in [9.17, 15) is 4.79 Å². The first-order valence-electron chi connectivity index (χ1n) is 11.1. The van der Waals surface area contributed by atoms with Gasteiger partial charge in [-0.2, -0.15) is 4.98 Å². The van der Waals surface area contributed by atoms with Gasteiger partial charge in [0.15, 0.2) is 0 Å². The van der Waals surface area contributed by atoms with Crippen LogP contribution in [0.2, 0.25) is 0 Å². The van der Waals surface area contributed by atoms with Crippen molar-refractivity contribution < 1.29 is 9.53 Å². The molecule has 1 fully saturated rings. The molecule has 178 valence electrons. The first kappa shape index (κ1) is 24.2. The summed E-state index contributed by atoms with van der Waals surface area (Å²) in [5.74, 6) is 1.39. The lowest BCUT2D eigenvalue weighted by Gasteiger charge is -2.27. The average molecular weight is 455 g/mol. The van der Waals surface area contributed by atoms with Gasteiger partial charge in [-0.15, -0.1) is 0 Å². The van der Waals surface area contributed by atoms with Gasteiger partial charge in [-0.1, -0.05) is 6.58 Å². The summed E-state index contributed by atoms with van der Waals surface area (Å²) >= 11 is 0. The normalized spacial score (nSPS) is 13.5. The number of hydrogen-bond acceptors (Lipinski definition) is 9. The van der Waals surface area contributed by atoms with Crippen molar-refractivity contribution in [2.24, 2.45) is 0 Å². The number of aromatic nitrogens is 3. The molecule has 2 aromatic rings. The zero-order valence-electron chi connectivity index (χ0n) is 20.0. The maximum absolute atomic E-state index is 12.1. The molecule has 0 spiro atoms. The van der Waals surface area contributed by atoms with E-state index in [0.29, 0.717) is 29.0 Å². The number of carbonyl (C=O) groups is 1. The molecule has 2 heterocycles. The van der Waals surface area contributed by atoms with Gasteiger partial charge in [0.1, 0.15) is 12.1 Å². The standard InChI is InChI=1S/C23H34N8O2/c1-6-21(32)26-17-14-18(20(33-5)15-19(17)30(4)13-12-29(2)3)27-22-24-16-25-23(28-22)31-10-8-7-9-11-31/h6,14-16H,1,7-13H2,2-5H3,(H,26,32)(H,24,25,27,28). The maximum Gasteiger partial charge on any atom is 0.247 e. The minimum absolute atomic E-state index is 0.291. The van der Waals surface area contributed by atoms with Crippen molar-refractivity contribution in [2.75, 3.05) is 74.9 Å². The van der Waals surface area contributed by atoms with Gasteiger partial charge in [0.25, 0.3) is 0 Å². The number of likely N-dealkylation sites (N-methyl/N-ethyl adjacent to an activating group) is 2. The third-order valence-corrected chi connectivity index (χ3v) is 5.50. The quantitative estimate of drug-likeness (QED) is 0.525. The molecule has 0 aliphatic carbocycles. The SMILES string of the molecule is C=CC(=O)Nc1cc(Nc2ncnc(N3CCCCC3)n2)c(OC)cc1N(C)CCN(C)C. The van der Waals surface area contributed by atoms with Crippen LogP contribution in [0.25, 0.3) is 0 Å². The van der Waals surface area contributed by atoms with Crippen LogP contribution in [-0.4, -0.2) is 80.2 Å². The van der Waals surface area contributed by atoms with Gasteiger partial charge in [0, 0.05) is 39.3 Å². The van der Waals surface area contributed by atoms with Crippen molar-refractivity contribution in [1.29, 1.82) is 0 Å². The van der Waals surface area contributed by atoms with Gasteiger partial charge in [0.2, 0.25) is 17.8 Å². The predicted octanol–water partition coefficient (Wildman–Crippen LogP) is 2.74. The van der Waals surface area contributed by atoms with Crippen LogP contribution in [0.1, 0.15) is 19.3 Å². The fourth-order valence-corrected chi connectivity index (χ4v) is 3.62. The molecule has 1 aromatic heterocycles. The summed E-state index contributed by atoms with van der Waals surface area (Å²) in [6.07, 6.45) is 6.26. The minimum Gasteiger partial charge on any atom is -0.494 e. The minimum atomic E-state index is -0.291. The molecule has 1 saturated heterocycles. The molecular formula is C23H34N8O2. The Labute approximate surface area is 195 Å². The van der Waals surface area contributed by atoms with Crippen LogP contribution in [0.5, 0.6) is 5.75 Å². The lowest BCUT2D eigenvalue weighted by molar-refractivity contribution is -0.111. The molecule has 0 radical (unpaired) electrons. The third kappa shape index (κ3) is 6.55. The summed E-state index contributed by atoms with van der Waals surface area (Å²) < 4.78 is 5.65. The van der Waals surface area contributed by atoms with Crippen LogP contribution in [-0.2, 0) is 4.79 Å². The van der Waals surface area contributed by atoms with Crippen LogP contribution in [0, 0.1) is 0 Å². The van der Waals surface area contributed by atoms with Gasteiger partial charge in [-0.3, -0.25) is 4.79 Å². The second-order valence-corrected chi connectivity index (χ2v) is 8.27. The highest BCUT2D eigenvalue weighted by atomic mass is 16.5. The largest absolute Gasteiger partial charge is 0.494 e. The zero-order chi connectivity index (χ0) is 23.8. The molecule has 33 heavy (non-hydrogen) atoms. The average Bonchev–Trinajstić information content (AvgIpc) is 2.83. The Morgan fingerprint density at radius 3 is 2.58 bits per heavy atom. The number of nitrogens with zero attached hydrogens (tertiary/aromatic N) is 6. The van der Waals surface area contributed by atoms with Crippen molar-refractivity contribution in [1.82, 2.24) is 19.9 Å². The summed E-state index contributed by atoms with van der Waals surface area (Å²) in [5.41, 5.74) is 2.10. The second kappa shape index (κ2) is 11.5. The van der Waals surface area contributed by atoms with E-state index < -0.39 is 0 Å². The van der Waals surface area contributed by atoms with Gasteiger partial charge in [-0.05, 0) is 45.5 Å². The van der Waals surface area contributed by atoms with Gasteiger partial charge in [0.05, 0.1) is 24.2 Å². The van der Waals surface area contributed by atoms with E-state index in [1.165, 1.54) is 18.8 Å². The summed E-state index contributed by atoms with van der Waals surface area (Å²) in [7, 11) is 7.63. The smallest absolute Gasteiger partial charge is 0.247 e. The Hall–Kier alpha value is -3.40. The van der Waals surface area contributed by atoms with E-state index in [0.717, 1.165) is 44.7 Å². The first-order chi connectivity index (χ1) is 15.9. The number of anilines is 5. The molecule has 0 atom stereocenters. The van der Waals surface area contributed by atoms with Crippen LogP contribution in [0.4, 0.5) is 29.0 Å². The van der Waals surface area contributed by atoms with Crippen molar-refractivity contribution in [3.63, 3.8) is 0 Å². The van der Waals surface area contributed by atoms with Gasteiger partial charge < -0.3 is 30.1 Å². The summed E-state index contributed by atoms with van der Waals surface area (Å²) in [5, 5.41) is 6.13. The second-order valence-electron chi connectivity index (χ2n) is 8.27. The van der Waals surface area contributed by atoms with E-state index in [4.69, 9.17) is 4.74 Å². The highest BCUT2D eigenvalue weighted by Gasteiger charge is 2.18. The zero-order valence-corrected chi connectivity index (χ0v) is 20.0. The molecule has 1 aromatic carbocycles.